The standard InChI is InChI=1S/C14H22N2O4.ClH/c1-9(15)14(19)16-7-11(8-17)5-10-3-4-13(20-2)12(18)6-10;/h3-4,6,9,11,17-18H,5,7-8,15H2,1-2H3,(H,16,19);1H. The number of methoxy groups -OCH3 is 1. The molecule has 0 bridgehead atoms. The molecule has 1 aromatic rings. The van der Waals surface area contributed by atoms with Crippen LogP contribution < -0.4 is 15.8 Å². The van der Waals surface area contributed by atoms with Crippen LogP contribution in [0.3, 0.4) is 0 Å². The first-order valence-electron chi connectivity index (χ1n) is 6.48. The maximum atomic E-state index is 11.4. The van der Waals surface area contributed by atoms with E-state index in [0.29, 0.717) is 18.7 Å². The molecule has 5 N–H and O–H groups in total. The lowest BCUT2D eigenvalue weighted by molar-refractivity contribution is -0.122. The van der Waals surface area contributed by atoms with Gasteiger partial charge in [-0.05, 0) is 31.0 Å². The number of benzene rings is 1. The molecule has 0 fully saturated rings. The number of nitrogens with two attached hydrogens (primary N) is 1. The van der Waals surface area contributed by atoms with Gasteiger partial charge in [-0.15, -0.1) is 12.4 Å². The number of carbonyl (C=O) groups is 1. The van der Waals surface area contributed by atoms with Crippen molar-refractivity contribution in [3.63, 3.8) is 0 Å². The van der Waals surface area contributed by atoms with E-state index in [2.05, 4.69) is 5.32 Å². The van der Waals surface area contributed by atoms with Crippen LogP contribution in [0, 0.1) is 5.92 Å². The highest BCUT2D eigenvalue weighted by atomic mass is 35.5. The van der Waals surface area contributed by atoms with E-state index in [4.69, 9.17) is 10.5 Å². The minimum atomic E-state index is -0.570. The Hall–Kier alpha value is -1.50. The van der Waals surface area contributed by atoms with Crippen LogP contribution in [-0.4, -0.2) is 42.4 Å². The van der Waals surface area contributed by atoms with Crippen molar-refractivity contribution in [2.75, 3.05) is 20.3 Å². The summed E-state index contributed by atoms with van der Waals surface area (Å²) < 4.78 is 4.97. The number of ether oxygens (including phenoxy) is 1. The lowest BCUT2D eigenvalue weighted by atomic mass is 9.99. The number of rotatable bonds is 7. The Labute approximate surface area is 130 Å². The predicted octanol–water partition coefficient (Wildman–Crippen LogP) is 0.437. The maximum Gasteiger partial charge on any atom is 0.236 e. The summed E-state index contributed by atoms with van der Waals surface area (Å²) in [5, 5.41) is 21.7. The molecule has 7 heteroatoms. The van der Waals surface area contributed by atoms with Gasteiger partial charge in [0.1, 0.15) is 0 Å². The van der Waals surface area contributed by atoms with E-state index in [1.165, 1.54) is 7.11 Å². The van der Waals surface area contributed by atoms with Crippen LogP contribution in [-0.2, 0) is 11.2 Å². The monoisotopic (exact) mass is 318 g/mol. The molecule has 1 amide bonds. The second-order valence-corrected chi connectivity index (χ2v) is 4.79. The number of amides is 1. The largest absolute Gasteiger partial charge is 0.504 e. The van der Waals surface area contributed by atoms with Gasteiger partial charge in [0, 0.05) is 19.1 Å². The van der Waals surface area contributed by atoms with Gasteiger partial charge in [-0.3, -0.25) is 4.79 Å². The number of phenolic OH excluding ortho intramolecular Hbond substituents is 1. The third-order valence-corrected chi connectivity index (χ3v) is 3.00. The molecular formula is C14H23ClN2O4. The Morgan fingerprint density at radius 2 is 2.14 bits per heavy atom. The highest BCUT2D eigenvalue weighted by Gasteiger charge is 2.13. The summed E-state index contributed by atoms with van der Waals surface area (Å²) in [6.07, 6.45) is 0.535. The summed E-state index contributed by atoms with van der Waals surface area (Å²) in [4.78, 5) is 11.4. The van der Waals surface area contributed by atoms with Gasteiger partial charge >= 0.3 is 0 Å². The summed E-state index contributed by atoms with van der Waals surface area (Å²) in [7, 11) is 1.48. The van der Waals surface area contributed by atoms with Gasteiger partial charge in [-0.1, -0.05) is 6.07 Å². The molecular weight excluding hydrogens is 296 g/mol. The molecule has 6 nitrogen and oxygen atoms in total. The zero-order valence-corrected chi connectivity index (χ0v) is 13.0. The average Bonchev–Trinajstić information content (AvgIpc) is 2.43. The van der Waals surface area contributed by atoms with Gasteiger partial charge in [0.2, 0.25) is 5.91 Å². The molecule has 21 heavy (non-hydrogen) atoms. The first-order valence-corrected chi connectivity index (χ1v) is 6.48. The third-order valence-electron chi connectivity index (χ3n) is 3.00. The summed E-state index contributed by atoms with van der Waals surface area (Å²) in [6, 6.07) is 4.50. The van der Waals surface area contributed by atoms with Crippen molar-refractivity contribution in [3.8, 4) is 11.5 Å². The number of aromatic hydroxyl groups is 1. The smallest absolute Gasteiger partial charge is 0.236 e. The SMILES string of the molecule is COc1ccc(CC(CO)CNC(=O)C(C)N)cc1O.Cl. The van der Waals surface area contributed by atoms with Gasteiger partial charge in [-0.2, -0.15) is 0 Å². The van der Waals surface area contributed by atoms with Crippen molar-refractivity contribution in [3.05, 3.63) is 23.8 Å². The average molecular weight is 319 g/mol. The van der Waals surface area contributed by atoms with Crippen molar-refractivity contribution >= 4 is 18.3 Å². The quantitative estimate of drug-likeness (QED) is 0.584. The Morgan fingerprint density at radius 1 is 1.48 bits per heavy atom. The molecule has 0 aliphatic heterocycles. The molecule has 0 saturated heterocycles. The van der Waals surface area contributed by atoms with Gasteiger partial charge in [-0.25, -0.2) is 0 Å². The lowest BCUT2D eigenvalue weighted by Gasteiger charge is -2.16. The van der Waals surface area contributed by atoms with Gasteiger partial charge < -0.3 is 26.0 Å². The molecule has 1 rings (SSSR count). The fourth-order valence-corrected chi connectivity index (χ4v) is 1.80. The minimum absolute atomic E-state index is 0. The van der Waals surface area contributed by atoms with Gasteiger partial charge in [0.05, 0.1) is 13.2 Å². The maximum absolute atomic E-state index is 11.4. The number of aliphatic hydroxyl groups is 1. The lowest BCUT2D eigenvalue weighted by Crippen LogP contribution is -2.41. The van der Waals surface area contributed by atoms with Crippen LogP contribution in [0.1, 0.15) is 12.5 Å². The highest BCUT2D eigenvalue weighted by molar-refractivity contribution is 5.85. The summed E-state index contributed by atoms with van der Waals surface area (Å²) >= 11 is 0. The third kappa shape index (κ3) is 6.20. The Bertz CT molecular complexity index is 455. The first kappa shape index (κ1) is 19.5. The van der Waals surface area contributed by atoms with Crippen molar-refractivity contribution in [1.29, 1.82) is 0 Å². The highest BCUT2D eigenvalue weighted by Crippen LogP contribution is 2.27. The van der Waals surface area contributed by atoms with Gasteiger partial charge in [0.25, 0.3) is 0 Å². The van der Waals surface area contributed by atoms with Crippen LogP contribution in [0.2, 0.25) is 0 Å². The molecule has 2 atom stereocenters. The number of phenols is 1. The number of nitrogens with one attached hydrogen (secondary N) is 1. The van der Waals surface area contributed by atoms with Crippen LogP contribution >= 0.6 is 12.4 Å². The van der Waals surface area contributed by atoms with Crippen molar-refractivity contribution in [1.82, 2.24) is 5.32 Å². The van der Waals surface area contributed by atoms with Gasteiger partial charge in [0.15, 0.2) is 11.5 Å². The first-order chi connectivity index (χ1) is 9.47. The van der Waals surface area contributed by atoms with E-state index in [1.54, 1.807) is 19.1 Å². The Balaban J connectivity index is 0.00000400. The number of hydrogen-bond acceptors (Lipinski definition) is 5. The van der Waals surface area contributed by atoms with Crippen LogP contribution in [0.4, 0.5) is 0 Å². The van der Waals surface area contributed by atoms with Crippen LogP contribution in [0.15, 0.2) is 18.2 Å². The summed E-state index contributed by atoms with van der Waals surface area (Å²) in [5.41, 5.74) is 6.31. The zero-order valence-electron chi connectivity index (χ0n) is 12.2. The Morgan fingerprint density at radius 3 is 2.62 bits per heavy atom. The number of aliphatic hydroxyl groups excluding tert-OH is 1. The molecule has 0 aliphatic carbocycles. The molecule has 0 aliphatic rings. The molecule has 0 heterocycles. The van der Waals surface area contributed by atoms with E-state index in [0.717, 1.165) is 5.56 Å². The van der Waals surface area contributed by atoms with Crippen LogP contribution in [0.5, 0.6) is 11.5 Å². The van der Waals surface area contributed by atoms with Crippen molar-refractivity contribution < 1.29 is 19.7 Å². The molecule has 0 spiro atoms. The molecule has 2 unspecified atom stereocenters. The van der Waals surface area contributed by atoms with E-state index >= 15 is 0 Å². The molecule has 0 saturated carbocycles. The van der Waals surface area contributed by atoms with E-state index in [-0.39, 0.29) is 36.6 Å². The van der Waals surface area contributed by atoms with E-state index in [1.807, 2.05) is 6.07 Å². The topological polar surface area (TPSA) is 105 Å². The fourth-order valence-electron chi connectivity index (χ4n) is 1.80. The zero-order chi connectivity index (χ0) is 15.1. The minimum Gasteiger partial charge on any atom is -0.504 e. The molecule has 1 aromatic carbocycles. The summed E-state index contributed by atoms with van der Waals surface area (Å²) in [6.45, 7) is 1.88. The van der Waals surface area contributed by atoms with Crippen LogP contribution in [0.25, 0.3) is 0 Å². The second kappa shape index (κ2) is 9.44. The molecule has 120 valence electrons. The normalized spacial score (nSPS) is 13.0. The molecule has 0 radical (unpaired) electrons. The van der Waals surface area contributed by atoms with E-state index < -0.39 is 6.04 Å². The fraction of sp³-hybridized carbons (Fsp3) is 0.500. The number of carbonyl (C=O) groups excluding carboxylic acids is 1. The van der Waals surface area contributed by atoms with Crippen molar-refractivity contribution in [2.45, 2.75) is 19.4 Å². The predicted molar refractivity (Wildman–Crippen MR) is 82.8 cm³/mol. The van der Waals surface area contributed by atoms with E-state index in [9.17, 15) is 15.0 Å². The second-order valence-electron chi connectivity index (χ2n) is 4.79. The number of halogens is 1. The van der Waals surface area contributed by atoms with Crippen molar-refractivity contribution in [2.24, 2.45) is 11.7 Å². The number of hydrogen-bond donors (Lipinski definition) is 4. The molecule has 0 aromatic heterocycles. The Kier molecular flexibility index (Phi) is 8.76. The summed E-state index contributed by atoms with van der Waals surface area (Å²) in [5.74, 6) is 0.0763.